The molecule has 6 heteroatoms. The largest absolute Gasteiger partial charge is 0.495 e. The van der Waals surface area contributed by atoms with Crippen molar-refractivity contribution in [3.8, 4) is 11.4 Å². The number of methoxy groups -OCH3 is 1. The fraction of sp³-hybridized carbons (Fsp3) is 0.143. The van der Waals surface area contributed by atoms with Crippen LogP contribution < -0.4 is 4.74 Å². The molecule has 0 aliphatic heterocycles. The van der Waals surface area contributed by atoms with E-state index in [2.05, 4.69) is 9.97 Å². The lowest BCUT2D eigenvalue weighted by Crippen LogP contribution is -1.98. The van der Waals surface area contributed by atoms with Gasteiger partial charge in [-0.1, -0.05) is 0 Å². The molecule has 1 unspecified atom stereocenters. The third kappa shape index (κ3) is 2.08. The highest BCUT2D eigenvalue weighted by Crippen LogP contribution is 2.28. The number of hydrogen-bond donors (Lipinski definition) is 0. The normalized spacial score (nSPS) is 12.5. The van der Waals surface area contributed by atoms with E-state index in [1.807, 2.05) is 22.8 Å². The van der Waals surface area contributed by atoms with Gasteiger partial charge in [0.15, 0.2) is 0 Å². The van der Waals surface area contributed by atoms with Crippen LogP contribution in [-0.2, 0) is 10.8 Å². The summed E-state index contributed by atoms with van der Waals surface area (Å²) in [6, 6.07) is 7.41. The molecule has 0 aliphatic carbocycles. The Morgan fingerprint density at radius 2 is 2.15 bits per heavy atom. The Bertz CT molecular complexity index is 798. The van der Waals surface area contributed by atoms with Crippen LogP contribution in [0.4, 0.5) is 0 Å². The molecule has 102 valence electrons. The van der Waals surface area contributed by atoms with Crippen molar-refractivity contribution in [2.24, 2.45) is 0 Å². The minimum atomic E-state index is -1.04. The number of benzene rings is 1. The van der Waals surface area contributed by atoms with Crippen LogP contribution in [0.5, 0.6) is 5.75 Å². The molecule has 3 rings (SSSR count). The Morgan fingerprint density at radius 1 is 1.30 bits per heavy atom. The Kier molecular flexibility index (Phi) is 3.23. The molecule has 1 atom stereocenters. The molecule has 0 fully saturated rings. The summed E-state index contributed by atoms with van der Waals surface area (Å²) < 4.78 is 18.9. The number of fused-ring (bicyclic) bond motifs is 1. The molecule has 0 spiro atoms. The Labute approximate surface area is 118 Å². The number of pyridine rings is 1. The van der Waals surface area contributed by atoms with Crippen molar-refractivity contribution >= 4 is 21.8 Å². The molecule has 0 saturated heterocycles. The average Bonchev–Trinajstić information content (AvgIpc) is 2.90. The van der Waals surface area contributed by atoms with E-state index in [0.29, 0.717) is 5.75 Å². The molecule has 0 N–H and O–H groups in total. The van der Waals surface area contributed by atoms with Gasteiger partial charge in [0.25, 0.3) is 0 Å². The van der Waals surface area contributed by atoms with Gasteiger partial charge in [-0.05, 0) is 24.3 Å². The van der Waals surface area contributed by atoms with Gasteiger partial charge < -0.3 is 4.74 Å². The first-order valence-electron chi connectivity index (χ1n) is 5.99. The monoisotopic (exact) mass is 287 g/mol. The second-order valence-corrected chi connectivity index (χ2v) is 5.65. The van der Waals surface area contributed by atoms with Gasteiger partial charge in [0, 0.05) is 28.1 Å². The molecule has 0 aliphatic rings. The van der Waals surface area contributed by atoms with Crippen LogP contribution in [0.2, 0.25) is 0 Å². The van der Waals surface area contributed by atoms with Crippen molar-refractivity contribution in [2.75, 3.05) is 13.4 Å². The summed E-state index contributed by atoms with van der Waals surface area (Å²) >= 11 is 0. The molecule has 3 aromatic rings. The first kappa shape index (κ1) is 12.8. The molecule has 1 aromatic carbocycles. The zero-order valence-corrected chi connectivity index (χ0v) is 11.9. The SMILES string of the molecule is COc1cc(S(C)=O)ccc1-n1cnc2cnccc21. The van der Waals surface area contributed by atoms with E-state index < -0.39 is 10.8 Å². The topological polar surface area (TPSA) is 57.0 Å². The van der Waals surface area contributed by atoms with Crippen LogP contribution in [0.3, 0.4) is 0 Å². The van der Waals surface area contributed by atoms with Crippen LogP contribution in [0.25, 0.3) is 16.7 Å². The third-order valence-corrected chi connectivity index (χ3v) is 4.01. The Balaban J connectivity index is 2.21. The highest BCUT2D eigenvalue weighted by Gasteiger charge is 2.11. The van der Waals surface area contributed by atoms with Gasteiger partial charge in [-0.25, -0.2) is 4.98 Å². The lowest BCUT2D eigenvalue weighted by atomic mass is 10.2. The average molecular weight is 287 g/mol. The van der Waals surface area contributed by atoms with E-state index in [9.17, 15) is 4.21 Å². The first-order valence-corrected chi connectivity index (χ1v) is 7.55. The van der Waals surface area contributed by atoms with Gasteiger partial charge in [-0.15, -0.1) is 0 Å². The number of hydrogen-bond acceptors (Lipinski definition) is 4. The lowest BCUT2D eigenvalue weighted by Gasteiger charge is -2.11. The van der Waals surface area contributed by atoms with Crippen LogP contribution in [0, 0.1) is 0 Å². The number of rotatable bonds is 3. The van der Waals surface area contributed by atoms with E-state index in [1.165, 1.54) is 0 Å². The number of imidazole rings is 1. The molecule has 2 heterocycles. The Morgan fingerprint density at radius 3 is 2.90 bits per heavy atom. The lowest BCUT2D eigenvalue weighted by molar-refractivity contribution is 0.412. The van der Waals surface area contributed by atoms with Crippen molar-refractivity contribution in [1.29, 1.82) is 0 Å². The molecule has 0 radical (unpaired) electrons. The zero-order chi connectivity index (χ0) is 14.1. The molecule has 0 amide bonds. The second-order valence-electron chi connectivity index (χ2n) is 4.27. The quantitative estimate of drug-likeness (QED) is 0.741. The van der Waals surface area contributed by atoms with Crippen molar-refractivity contribution in [3.63, 3.8) is 0 Å². The van der Waals surface area contributed by atoms with E-state index in [1.54, 1.807) is 38.2 Å². The minimum Gasteiger partial charge on any atom is -0.495 e. The highest BCUT2D eigenvalue weighted by atomic mass is 32.2. The highest BCUT2D eigenvalue weighted by molar-refractivity contribution is 7.84. The van der Waals surface area contributed by atoms with Crippen LogP contribution in [0.15, 0.2) is 47.9 Å². The fourth-order valence-electron chi connectivity index (χ4n) is 2.09. The van der Waals surface area contributed by atoms with Gasteiger partial charge in [0.05, 0.1) is 24.5 Å². The predicted molar refractivity (Wildman–Crippen MR) is 77.7 cm³/mol. The minimum absolute atomic E-state index is 0.661. The first-order chi connectivity index (χ1) is 9.70. The van der Waals surface area contributed by atoms with Gasteiger partial charge in [-0.3, -0.25) is 13.8 Å². The summed E-state index contributed by atoms with van der Waals surface area (Å²) in [6.45, 7) is 0. The summed E-state index contributed by atoms with van der Waals surface area (Å²) in [7, 11) is 0.561. The molecule has 20 heavy (non-hydrogen) atoms. The molecule has 2 aromatic heterocycles. The van der Waals surface area contributed by atoms with Gasteiger partial charge in [0.2, 0.25) is 0 Å². The maximum Gasteiger partial charge on any atom is 0.144 e. The van der Waals surface area contributed by atoms with Gasteiger partial charge in [-0.2, -0.15) is 0 Å². The maximum absolute atomic E-state index is 11.6. The molecule has 0 saturated carbocycles. The number of aromatic nitrogens is 3. The van der Waals surface area contributed by atoms with E-state index in [0.717, 1.165) is 21.6 Å². The van der Waals surface area contributed by atoms with Gasteiger partial charge >= 0.3 is 0 Å². The van der Waals surface area contributed by atoms with E-state index in [-0.39, 0.29) is 0 Å². The van der Waals surface area contributed by atoms with Crippen molar-refractivity contribution in [2.45, 2.75) is 4.90 Å². The molecular formula is C14H13N3O2S. The molecule has 0 bridgehead atoms. The van der Waals surface area contributed by atoms with E-state index in [4.69, 9.17) is 4.74 Å². The van der Waals surface area contributed by atoms with Crippen LogP contribution in [-0.4, -0.2) is 32.1 Å². The standard InChI is InChI=1S/C14H13N3O2S/c1-19-14-7-10(20(2)18)3-4-13(14)17-9-16-11-8-15-6-5-12(11)17/h3-9H,1-2H3. The maximum atomic E-state index is 11.6. The van der Waals surface area contributed by atoms with Crippen LogP contribution in [0.1, 0.15) is 0 Å². The Hall–Kier alpha value is -2.21. The van der Waals surface area contributed by atoms with E-state index >= 15 is 0 Å². The number of ether oxygens (including phenoxy) is 1. The summed E-state index contributed by atoms with van der Waals surface area (Å²) in [5, 5.41) is 0. The molecule has 5 nitrogen and oxygen atoms in total. The summed E-state index contributed by atoms with van der Waals surface area (Å²) in [6.07, 6.45) is 6.82. The van der Waals surface area contributed by atoms with Crippen molar-refractivity contribution in [1.82, 2.24) is 14.5 Å². The summed E-state index contributed by atoms with van der Waals surface area (Å²) in [5.41, 5.74) is 2.62. The van der Waals surface area contributed by atoms with Crippen LogP contribution >= 0.6 is 0 Å². The smallest absolute Gasteiger partial charge is 0.144 e. The molecular weight excluding hydrogens is 274 g/mol. The second kappa shape index (κ2) is 5.05. The zero-order valence-electron chi connectivity index (χ0n) is 11.1. The summed E-state index contributed by atoms with van der Waals surface area (Å²) in [4.78, 5) is 9.10. The predicted octanol–water partition coefficient (Wildman–Crippen LogP) is 2.17. The fourth-order valence-corrected chi connectivity index (χ4v) is 2.62. The van der Waals surface area contributed by atoms with Crippen molar-refractivity contribution < 1.29 is 8.95 Å². The number of nitrogens with zero attached hydrogens (tertiary/aromatic N) is 3. The third-order valence-electron chi connectivity index (χ3n) is 3.09. The van der Waals surface area contributed by atoms with Crippen molar-refractivity contribution in [3.05, 3.63) is 43.0 Å². The van der Waals surface area contributed by atoms with Gasteiger partial charge in [0.1, 0.15) is 17.6 Å². The summed E-state index contributed by atoms with van der Waals surface area (Å²) in [5.74, 6) is 0.661.